The summed E-state index contributed by atoms with van der Waals surface area (Å²) in [5.74, 6) is 0.218. The van der Waals surface area contributed by atoms with Crippen LogP contribution in [0.25, 0.3) is 10.9 Å². The molecule has 0 radical (unpaired) electrons. The predicted octanol–water partition coefficient (Wildman–Crippen LogP) is 1.27. The van der Waals surface area contributed by atoms with Gasteiger partial charge in [-0.1, -0.05) is 5.16 Å². The van der Waals surface area contributed by atoms with Crippen molar-refractivity contribution in [2.75, 3.05) is 6.61 Å². The summed E-state index contributed by atoms with van der Waals surface area (Å²) in [7, 11) is 0. The Hall–Kier alpha value is -2.90. The third-order valence-corrected chi connectivity index (χ3v) is 2.41. The third kappa shape index (κ3) is 2.51. The molecule has 0 spiro atoms. The molecular weight excluding hydrogens is 252 g/mol. The number of nitrogens with two attached hydrogens (primary N) is 1. The number of nitro groups is 1. The van der Waals surface area contributed by atoms with Gasteiger partial charge in [-0.25, -0.2) is 0 Å². The van der Waals surface area contributed by atoms with Crippen LogP contribution in [-0.4, -0.2) is 27.6 Å². The minimum Gasteiger partial charge on any atom is -0.483 e. The Balaban J connectivity index is 2.47. The van der Waals surface area contributed by atoms with Crippen molar-refractivity contribution in [3.05, 3.63) is 40.6 Å². The normalized spacial score (nSPS) is 11.5. The zero-order valence-corrected chi connectivity index (χ0v) is 9.68. The first-order valence-electron chi connectivity index (χ1n) is 5.25. The minimum atomic E-state index is -0.489. The van der Waals surface area contributed by atoms with Gasteiger partial charge in [0.1, 0.15) is 17.9 Å². The summed E-state index contributed by atoms with van der Waals surface area (Å²) in [5, 5.41) is 22.5. The van der Waals surface area contributed by atoms with Crippen molar-refractivity contribution in [2.45, 2.75) is 0 Å². The SMILES string of the molecule is N/C(COc1ccc([N+](=O)[O-])c2cccnc12)=N\O. The van der Waals surface area contributed by atoms with Crippen molar-refractivity contribution in [1.29, 1.82) is 0 Å². The summed E-state index contributed by atoms with van der Waals surface area (Å²) >= 11 is 0. The number of ether oxygens (including phenoxy) is 1. The van der Waals surface area contributed by atoms with E-state index >= 15 is 0 Å². The Kier molecular flexibility index (Phi) is 3.42. The molecule has 1 aromatic heterocycles. The highest BCUT2D eigenvalue weighted by atomic mass is 16.6. The fourth-order valence-corrected chi connectivity index (χ4v) is 1.59. The van der Waals surface area contributed by atoms with E-state index in [1.54, 1.807) is 12.1 Å². The van der Waals surface area contributed by atoms with E-state index in [9.17, 15) is 10.1 Å². The van der Waals surface area contributed by atoms with E-state index in [-0.39, 0.29) is 18.1 Å². The fourth-order valence-electron chi connectivity index (χ4n) is 1.59. The molecule has 19 heavy (non-hydrogen) atoms. The van der Waals surface area contributed by atoms with Crippen LogP contribution in [-0.2, 0) is 0 Å². The molecule has 8 nitrogen and oxygen atoms in total. The van der Waals surface area contributed by atoms with Crippen LogP contribution >= 0.6 is 0 Å². The average Bonchev–Trinajstić information content (AvgIpc) is 2.43. The number of amidine groups is 1. The number of benzene rings is 1. The lowest BCUT2D eigenvalue weighted by atomic mass is 10.1. The number of fused-ring (bicyclic) bond motifs is 1. The van der Waals surface area contributed by atoms with Crippen LogP contribution in [0.5, 0.6) is 5.75 Å². The Morgan fingerprint density at radius 3 is 3.00 bits per heavy atom. The summed E-state index contributed by atoms with van der Waals surface area (Å²) in [6.45, 7) is -0.139. The number of hydrogen-bond donors (Lipinski definition) is 2. The third-order valence-electron chi connectivity index (χ3n) is 2.41. The molecule has 3 N–H and O–H groups in total. The van der Waals surface area contributed by atoms with Crippen LogP contribution in [0.15, 0.2) is 35.6 Å². The summed E-state index contributed by atoms with van der Waals surface area (Å²) in [6, 6.07) is 5.93. The second-order valence-corrected chi connectivity index (χ2v) is 3.62. The molecule has 0 aliphatic carbocycles. The van der Waals surface area contributed by atoms with Gasteiger partial charge in [0.2, 0.25) is 0 Å². The van der Waals surface area contributed by atoms with Crippen LogP contribution in [0.1, 0.15) is 0 Å². The maximum Gasteiger partial charge on any atom is 0.279 e. The predicted molar refractivity (Wildman–Crippen MR) is 67.3 cm³/mol. The molecule has 1 heterocycles. The topological polar surface area (TPSA) is 124 Å². The van der Waals surface area contributed by atoms with Gasteiger partial charge in [0.25, 0.3) is 5.69 Å². The van der Waals surface area contributed by atoms with E-state index in [2.05, 4.69) is 10.1 Å². The monoisotopic (exact) mass is 262 g/mol. The number of rotatable bonds is 4. The first kappa shape index (κ1) is 12.6. The molecule has 0 saturated heterocycles. The maximum absolute atomic E-state index is 10.9. The molecule has 98 valence electrons. The van der Waals surface area contributed by atoms with Crippen molar-refractivity contribution in [1.82, 2.24) is 4.98 Å². The van der Waals surface area contributed by atoms with Gasteiger partial charge in [0, 0.05) is 12.3 Å². The van der Waals surface area contributed by atoms with Crippen molar-refractivity contribution in [2.24, 2.45) is 10.9 Å². The molecule has 0 amide bonds. The standard InChI is InChI=1S/C11H10N4O4/c12-10(14-16)6-19-9-4-3-8(15(17)18)7-2-1-5-13-11(7)9/h1-5,16H,6H2,(H2,12,14). The van der Waals surface area contributed by atoms with E-state index < -0.39 is 4.92 Å². The molecular formula is C11H10N4O4. The zero-order chi connectivity index (χ0) is 13.8. The lowest BCUT2D eigenvalue weighted by Gasteiger charge is -2.07. The Labute approximate surface area is 107 Å². The molecule has 0 fully saturated rings. The largest absolute Gasteiger partial charge is 0.483 e. The Morgan fingerprint density at radius 1 is 1.53 bits per heavy atom. The van der Waals surface area contributed by atoms with E-state index in [0.29, 0.717) is 16.7 Å². The van der Waals surface area contributed by atoms with Gasteiger partial charge < -0.3 is 15.7 Å². The molecule has 0 bridgehead atoms. The molecule has 1 aromatic carbocycles. The Bertz CT molecular complexity index is 656. The van der Waals surface area contributed by atoms with Crippen LogP contribution in [0.2, 0.25) is 0 Å². The van der Waals surface area contributed by atoms with Crippen molar-refractivity contribution >= 4 is 22.4 Å². The highest BCUT2D eigenvalue weighted by Gasteiger charge is 2.15. The molecule has 0 saturated carbocycles. The quantitative estimate of drug-likeness (QED) is 0.281. The van der Waals surface area contributed by atoms with Crippen molar-refractivity contribution < 1.29 is 14.9 Å². The summed E-state index contributed by atoms with van der Waals surface area (Å²) < 4.78 is 5.31. The minimum absolute atomic E-state index is 0.0563. The lowest BCUT2D eigenvalue weighted by molar-refractivity contribution is -0.383. The molecule has 0 aliphatic rings. The average molecular weight is 262 g/mol. The number of hydrogen-bond acceptors (Lipinski definition) is 6. The van der Waals surface area contributed by atoms with E-state index in [4.69, 9.17) is 15.7 Å². The highest BCUT2D eigenvalue weighted by Crippen LogP contribution is 2.31. The van der Waals surface area contributed by atoms with Gasteiger partial charge in [-0.05, 0) is 18.2 Å². The number of nitrogens with zero attached hydrogens (tertiary/aromatic N) is 3. The molecule has 0 unspecified atom stereocenters. The Morgan fingerprint density at radius 2 is 2.32 bits per heavy atom. The number of aromatic nitrogens is 1. The van der Waals surface area contributed by atoms with Crippen LogP contribution < -0.4 is 10.5 Å². The summed E-state index contributed by atoms with van der Waals surface area (Å²) in [5.41, 5.74) is 5.58. The maximum atomic E-state index is 10.9. The molecule has 0 aliphatic heterocycles. The second-order valence-electron chi connectivity index (χ2n) is 3.62. The number of nitro benzene ring substituents is 1. The van der Waals surface area contributed by atoms with Gasteiger partial charge in [-0.3, -0.25) is 15.1 Å². The van der Waals surface area contributed by atoms with Crippen molar-refractivity contribution in [3.63, 3.8) is 0 Å². The van der Waals surface area contributed by atoms with Crippen LogP contribution in [0, 0.1) is 10.1 Å². The van der Waals surface area contributed by atoms with Gasteiger partial charge >= 0.3 is 0 Å². The fraction of sp³-hybridized carbons (Fsp3) is 0.0909. The van der Waals surface area contributed by atoms with E-state index in [0.717, 1.165) is 0 Å². The number of pyridine rings is 1. The highest BCUT2D eigenvalue weighted by molar-refractivity contribution is 5.92. The van der Waals surface area contributed by atoms with E-state index in [1.807, 2.05) is 0 Å². The van der Waals surface area contributed by atoms with E-state index in [1.165, 1.54) is 18.3 Å². The lowest BCUT2D eigenvalue weighted by Crippen LogP contribution is -2.20. The molecule has 0 atom stereocenters. The first-order chi connectivity index (χ1) is 9.13. The molecule has 2 rings (SSSR count). The first-order valence-corrected chi connectivity index (χ1v) is 5.25. The van der Waals surface area contributed by atoms with Gasteiger partial charge in [0.05, 0.1) is 10.3 Å². The number of non-ortho nitro benzene ring substituents is 1. The summed E-state index contributed by atoms with van der Waals surface area (Å²) in [6.07, 6.45) is 1.50. The van der Waals surface area contributed by atoms with Crippen molar-refractivity contribution in [3.8, 4) is 5.75 Å². The molecule has 2 aromatic rings. The number of oxime groups is 1. The van der Waals surface area contributed by atoms with Gasteiger partial charge in [0.15, 0.2) is 5.84 Å². The van der Waals surface area contributed by atoms with Crippen LogP contribution in [0.4, 0.5) is 5.69 Å². The van der Waals surface area contributed by atoms with Gasteiger partial charge in [-0.2, -0.15) is 0 Å². The smallest absolute Gasteiger partial charge is 0.279 e. The van der Waals surface area contributed by atoms with Gasteiger partial charge in [-0.15, -0.1) is 0 Å². The molecule has 8 heteroatoms. The zero-order valence-electron chi connectivity index (χ0n) is 9.68. The van der Waals surface area contributed by atoms with Crippen LogP contribution in [0.3, 0.4) is 0 Å². The second kappa shape index (κ2) is 5.17. The summed E-state index contributed by atoms with van der Waals surface area (Å²) in [4.78, 5) is 14.5.